The van der Waals surface area contributed by atoms with Crippen molar-refractivity contribution in [3.63, 3.8) is 0 Å². The summed E-state index contributed by atoms with van der Waals surface area (Å²) in [6.45, 7) is 1.93. The van der Waals surface area contributed by atoms with Crippen LogP contribution in [0.3, 0.4) is 0 Å². The molecule has 2 aromatic carbocycles. The smallest absolute Gasteiger partial charge is 0.266 e. The molecule has 0 aromatic heterocycles. The van der Waals surface area contributed by atoms with Crippen molar-refractivity contribution in [3.8, 4) is 17.6 Å². The minimum atomic E-state index is -0.471. The standard InChI is InChI=1S/C19H18N2O3/c1-13-5-4-6-16(9-13)21-19(22)15(12-20)10-14-7-8-17(23-2)11-18(14)24-3/h4-11H,1-3H3,(H,21,22)/b15-10+. The van der Waals surface area contributed by atoms with Gasteiger partial charge >= 0.3 is 0 Å². The van der Waals surface area contributed by atoms with E-state index in [0.29, 0.717) is 22.7 Å². The molecular weight excluding hydrogens is 304 g/mol. The van der Waals surface area contributed by atoms with Crippen LogP contribution in [0.2, 0.25) is 0 Å². The molecular formula is C19H18N2O3. The van der Waals surface area contributed by atoms with Gasteiger partial charge in [0.15, 0.2) is 0 Å². The first-order chi connectivity index (χ1) is 11.6. The normalized spacial score (nSPS) is 10.7. The second kappa shape index (κ2) is 7.84. The number of hydrogen-bond donors (Lipinski definition) is 1. The van der Waals surface area contributed by atoms with Gasteiger partial charge in [0, 0.05) is 17.3 Å². The topological polar surface area (TPSA) is 71.3 Å². The summed E-state index contributed by atoms with van der Waals surface area (Å²) < 4.78 is 10.4. The molecule has 0 bridgehead atoms. The van der Waals surface area contributed by atoms with Crippen molar-refractivity contribution in [1.82, 2.24) is 0 Å². The van der Waals surface area contributed by atoms with E-state index in [0.717, 1.165) is 5.56 Å². The molecule has 0 aliphatic heterocycles. The number of carbonyl (C=O) groups is 1. The van der Waals surface area contributed by atoms with E-state index >= 15 is 0 Å². The zero-order chi connectivity index (χ0) is 17.5. The van der Waals surface area contributed by atoms with E-state index in [2.05, 4.69) is 5.32 Å². The Bertz CT molecular complexity index is 820. The van der Waals surface area contributed by atoms with Crippen LogP contribution in [0.4, 0.5) is 5.69 Å². The van der Waals surface area contributed by atoms with E-state index in [1.54, 1.807) is 31.4 Å². The van der Waals surface area contributed by atoms with Crippen molar-refractivity contribution in [1.29, 1.82) is 5.26 Å². The molecule has 0 aliphatic carbocycles. The zero-order valence-electron chi connectivity index (χ0n) is 13.8. The van der Waals surface area contributed by atoms with Gasteiger partial charge in [0.25, 0.3) is 5.91 Å². The first-order valence-corrected chi connectivity index (χ1v) is 7.29. The van der Waals surface area contributed by atoms with Crippen LogP contribution in [0, 0.1) is 18.3 Å². The van der Waals surface area contributed by atoms with E-state index in [-0.39, 0.29) is 5.57 Å². The minimum absolute atomic E-state index is 0.0139. The first-order valence-electron chi connectivity index (χ1n) is 7.29. The van der Waals surface area contributed by atoms with Gasteiger partial charge in [0.2, 0.25) is 0 Å². The third-order valence-corrected chi connectivity index (χ3v) is 3.38. The van der Waals surface area contributed by atoms with Crippen LogP contribution in [-0.2, 0) is 4.79 Å². The molecule has 5 heteroatoms. The summed E-state index contributed by atoms with van der Waals surface area (Å²) >= 11 is 0. The van der Waals surface area contributed by atoms with Gasteiger partial charge in [-0.3, -0.25) is 4.79 Å². The Morgan fingerprint density at radius 2 is 1.96 bits per heavy atom. The molecule has 122 valence electrons. The molecule has 2 rings (SSSR count). The highest BCUT2D eigenvalue weighted by molar-refractivity contribution is 6.09. The highest BCUT2D eigenvalue weighted by Gasteiger charge is 2.12. The summed E-state index contributed by atoms with van der Waals surface area (Å²) in [7, 11) is 3.07. The van der Waals surface area contributed by atoms with Crippen LogP contribution in [0.1, 0.15) is 11.1 Å². The number of anilines is 1. The fraction of sp³-hybridized carbons (Fsp3) is 0.158. The lowest BCUT2D eigenvalue weighted by molar-refractivity contribution is -0.112. The Labute approximate surface area is 141 Å². The van der Waals surface area contributed by atoms with Gasteiger partial charge in [0.1, 0.15) is 23.1 Å². The Morgan fingerprint density at radius 3 is 2.58 bits per heavy atom. The number of benzene rings is 2. The number of ether oxygens (including phenoxy) is 2. The summed E-state index contributed by atoms with van der Waals surface area (Å²) in [6.07, 6.45) is 1.49. The summed E-state index contributed by atoms with van der Waals surface area (Å²) in [5.41, 5.74) is 2.27. The fourth-order valence-electron chi connectivity index (χ4n) is 2.16. The van der Waals surface area contributed by atoms with Gasteiger partial charge < -0.3 is 14.8 Å². The SMILES string of the molecule is COc1ccc(/C=C(\C#N)C(=O)Nc2cccc(C)c2)c(OC)c1. The molecule has 1 N–H and O–H groups in total. The molecule has 1 amide bonds. The van der Waals surface area contributed by atoms with E-state index < -0.39 is 5.91 Å². The second-order valence-corrected chi connectivity index (χ2v) is 5.10. The Balaban J connectivity index is 2.29. The number of rotatable bonds is 5. The van der Waals surface area contributed by atoms with Crippen LogP contribution in [0.15, 0.2) is 48.0 Å². The largest absolute Gasteiger partial charge is 0.497 e. The molecule has 0 saturated heterocycles. The van der Waals surface area contributed by atoms with E-state index in [1.807, 2.05) is 31.2 Å². The number of methoxy groups -OCH3 is 2. The summed E-state index contributed by atoms with van der Waals surface area (Å²) in [5.74, 6) is 0.679. The van der Waals surface area contributed by atoms with Crippen LogP contribution >= 0.6 is 0 Å². The molecule has 0 aliphatic rings. The molecule has 5 nitrogen and oxygen atoms in total. The van der Waals surface area contributed by atoms with Crippen molar-refractivity contribution in [2.24, 2.45) is 0 Å². The molecule has 0 spiro atoms. The average molecular weight is 322 g/mol. The van der Waals surface area contributed by atoms with Crippen LogP contribution < -0.4 is 14.8 Å². The third kappa shape index (κ3) is 4.14. The number of nitrogens with one attached hydrogen (secondary N) is 1. The minimum Gasteiger partial charge on any atom is -0.497 e. The monoisotopic (exact) mass is 322 g/mol. The number of aryl methyl sites for hydroxylation is 1. The van der Waals surface area contributed by atoms with Crippen LogP contribution in [0.5, 0.6) is 11.5 Å². The maximum atomic E-state index is 12.3. The van der Waals surface area contributed by atoms with Gasteiger partial charge in [-0.05, 0) is 42.8 Å². The van der Waals surface area contributed by atoms with Gasteiger partial charge in [0.05, 0.1) is 14.2 Å². The zero-order valence-corrected chi connectivity index (χ0v) is 13.8. The number of nitriles is 1. The van der Waals surface area contributed by atoms with Crippen molar-refractivity contribution < 1.29 is 14.3 Å². The molecule has 0 saturated carbocycles. The highest BCUT2D eigenvalue weighted by atomic mass is 16.5. The number of amides is 1. The van der Waals surface area contributed by atoms with Gasteiger partial charge in [-0.15, -0.1) is 0 Å². The predicted octanol–water partition coefficient (Wildman–Crippen LogP) is 3.56. The van der Waals surface area contributed by atoms with E-state index in [4.69, 9.17) is 9.47 Å². The molecule has 0 atom stereocenters. The van der Waals surface area contributed by atoms with Crippen molar-refractivity contribution in [2.45, 2.75) is 6.92 Å². The molecule has 0 radical (unpaired) electrons. The average Bonchev–Trinajstić information content (AvgIpc) is 2.59. The molecule has 24 heavy (non-hydrogen) atoms. The molecule has 0 fully saturated rings. The lowest BCUT2D eigenvalue weighted by atomic mass is 10.1. The number of carbonyl (C=O) groups excluding carboxylic acids is 1. The van der Waals surface area contributed by atoms with Crippen molar-refractivity contribution >= 4 is 17.7 Å². The Hall–Kier alpha value is -3.26. The predicted molar refractivity (Wildman–Crippen MR) is 92.9 cm³/mol. The second-order valence-electron chi connectivity index (χ2n) is 5.10. The van der Waals surface area contributed by atoms with Gasteiger partial charge in [-0.1, -0.05) is 12.1 Å². The highest BCUT2D eigenvalue weighted by Crippen LogP contribution is 2.26. The first kappa shape index (κ1) is 17.1. The number of nitrogens with zero attached hydrogens (tertiary/aromatic N) is 1. The Morgan fingerprint density at radius 1 is 1.17 bits per heavy atom. The van der Waals surface area contributed by atoms with E-state index in [9.17, 15) is 10.1 Å². The van der Waals surface area contributed by atoms with E-state index in [1.165, 1.54) is 13.2 Å². The quantitative estimate of drug-likeness (QED) is 0.675. The van der Waals surface area contributed by atoms with Crippen molar-refractivity contribution in [2.75, 3.05) is 19.5 Å². The van der Waals surface area contributed by atoms with Crippen LogP contribution in [0.25, 0.3) is 6.08 Å². The van der Waals surface area contributed by atoms with Crippen LogP contribution in [-0.4, -0.2) is 20.1 Å². The van der Waals surface area contributed by atoms with Crippen molar-refractivity contribution in [3.05, 3.63) is 59.2 Å². The summed E-state index contributed by atoms with van der Waals surface area (Å²) in [6, 6.07) is 14.5. The number of hydrogen-bond acceptors (Lipinski definition) is 4. The van der Waals surface area contributed by atoms with Gasteiger partial charge in [-0.2, -0.15) is 5.26 Å². The summed E-state index contributed by atoms with van der Waals surface area (Å²) in [4.78, 5) is 12.3. The lowest BCUT2D eigenvalue weighted by Crippen LogP contribution is -2.13. The molecule has 0 unspecified atom stereocenters. The molecule has 2 aromatic rings. The van der Waals surface area contributed by atoms with Gasteiger partial charge in [-0.25, -0.2) is 0 Å². The Kier molecular flexibility index (Phi) is 5.58. The molecule has 0 heterocycles. The third-order valence-electron chi connectivity index (χ3n) is 3.38. The fourth-order valence-corrected chi connectivity index (χ4v) is 2.16. The maximum Gasteiger partial charge on any atom is 0.266 e. The summed E-state index contributed by atoms with van der Waals surface area (Å²) in [5, 5.41) is 12.0. The maximum absolute atomic E-state index is 12.3. The lowest BCUT2D eigenvalue weighted by Gasteiger charge is -2.08.